The van der Waals surface area contributed by atoms with E-state index < -0.39 is 17.7 Å². The average molecular weight is 516 g/mol. The van der Waals surface area contributed by atoms with Gasteiger partial charge in [0.2, 0.25) is 5.39 Å². The summed E-state index contributed by atoms with van der Waals surface area (Å²) in [5.41, 5.74) is 2.76. The normalized spacial score (nSPS) is 21.2. The summed E-state index contributed by atoms with van der Waals surface area (Å²) in [5.74, 6) is 2.88. The van der Waals surface area contributed by atoms with Gasteiger partial charge in [0.25, 0.3) is 0 Å². The largest absolute Gasteiger partial charge is 0.507 e. The minimum Gasteiger partial charge on any atom is -0.507 e. The first-order valence-electron chi connectivity index (χ1n) is 14.3. The summed E-state index contributed by atoms with van der Waals surface area (Å²) in [7, 11) is 0. The van der Waals surface area contributed by atoms with E-state index in [4.69, 9.17) is 14.9 Å². The Labute approximate surface area is 225 Å². The molecule has 4 atom stereocenters. The van der Waals surface area contributed by atoms with Gasteiger partial charge in [-0.05, 0) is 75.0 Å². The van der Waals surface area contributed by atoms with Gasteiger partial charge in [-0.2, -0.15) is 0 Å². The van der Waals surface area contributed by atoms with E-state index in [1.165, 1.54) is 38.5 Å². The number of aliphatic hydroxyl groups is 1. The maximum absolute atomic E-state index is 10.6. The lowest BCUT2D eigenvalue weighted by atomic mass is 9.81. The van der Waals surface area contributed by atoms with E-state index in [2.05, 4.69) is 32.7 Å². The molecule has 0 saturated heterocycles. The topological polar surface area (TPSA) is 87.1 Å². The summed E-state index contributed by atoms with van der Waals surface area (Å²) < 4.78 is 12.5. The number of rotatable bonds is 14. The van der Waals surface area contributed by atoms with Crippen molar-refractivity contribution in [3.8, 4) is 11.5 Å². The van der Waals surface area contributed by atoms with Gasteiger partial charge in [-0.25, -0.2) is 0 Å². The number of aliphatic hydroxyl groups excluding tert-OH is 1. The Morgan fingerprint density at radius 2 is 1.57 bits per heavy atom. The number of benzene rings is 1. The second-order valence-electron chi connectivity index (χ2n) is 12.2. The Hall–Kier alpha value is -2.42. The van der Waals surface area contributed by atoms with Crippen LogP contribution in [0.25, 0.3) is 4.98 Å². The van der Waals surface area contributed by atoms with Gasteiger partial charge in [0.15, 0.2) is 4.98 Å². The van der Waals surface area contributed by atoms with E-state index in [0.717, 1.165) is 65.3 Å². The van der Waals surface area contributed by atoms with Crippen LogP contribution >= 0.6 is 0 Å². The highest BCUT2D eigenvalue weighted by molar-refractivity contribution is 5.58. The van der Waals surface area contributed by atoms with Gasteiger partial charge in [-0.3, -0.25) is 0 Å². The summed E-state index contributed by atoms with van der Waals surface area (Å²) in [6, 6.07) is 0. The molecule has 0 unspecified atom stereocenters. The van der Waals surface area contributed by atoms with Crippen LogP contribution in [-0.4, -0.2) is 21.9 Å². The van der Waals surface area contributed by atoms with Crippen molar-refractivity contribution in [1.29, 1.82) is 5.39 Å². The van der Waals surface area contributed by atoms with Crippen LogP contribution in [0.3, 0.4) is 0 Å². The Balaban J connectivity index is 2.01. The van der Waals surface area contributed by atoms with Crippen LogP contribution in [0.4, 0.5) is 0 Å². The van der Waals surface area contributed by atoms with Crippen LogP contribution < -0.4 is 4.74 Å². The standard InChI is InChI=1S/C31H50N2O4/c1-20(2)12-9-13-21(3)14-10-15-22(4)16-11-17-31(8)27(36-28(34)19-33-32)18-26-25(7)29(35)23(5)24(6)30(26)37-31/h19-22,27H,9-18H2,1-8H3,(H-,34,35)/p+1/b28-19+/t21-,22-,27+,31-/m1/s1. The second kappa shape index (κ2) is 13.9. The van der Waals surface area contributed by atoms with Crippen molar-refractivity contribution < 1.29 is 19.7 Å². The number of diazo groups is 1. The molecule has 1 aliphatic rings. The maximum Gasteiger partial charge on any atom is 0.429 e. The molecule has 208 valence electrons. The van der Waals surface area contributed by atoms with Crippen molar-refractivity contribution in [3.05, 3.63) is 39.4 Å². The predicted octanol–water partition coefficient (Wildman–Crippen LogP) is 9.05. The molecule has 0 saturated carbocycles. The highest BCUT2D eigenvalue weighted by Gasteiger charge is 2.44. The van der Waals surface area contributed by atoms with Crippen LogP contribution in [-0.2, 0) is 11.2 Å². The molecule has 0 fully saturated rings. The molecule has 6 heteroatoms. The number of hydrogen-bond acceptors (Lipinski definition) is 5. The molecule has 1 aliphatic heterocycles. The van der Waals surface area contributed by atoms with Gasteiger partial charge in [0, 0.05) is 12.0 Å². The highest BCUT2D eigenvalue weighted by Crippen LogP contribution is 2.45. The van der Waals surface area contributed by atoms with Gasteiger partial charge in [-0.1, -0.05) is 72.6 Å². The lowest BCUT2D eigenvalue weighted by Crippen LogP contribution is -2.50. The summed E-state index contributed by atoms with van der Waals surface area (Å²) in [5, 5.41) is 29.5. The van der Waals surface area contributed by atoms with Gasteiger partial charge in [0.1, 0.15) is 23.2 Å². The number of phenols is 1. The van der Waals surface area contributed by atoms with Crippen molar-refractivity contribution in [3.63, 3.8) is 0 Å². The molecule has 0 spiro atoms. The van der Waals surface area contributed by atoms with Crippen molar-refractivity contribution in [2.24, 2.45) is 17.8 Å². The summed E-state index contributed by atoms with van der Waals surface area (Å²) in [4.78, 5) is 2.88. The number of ether oxygens (including phenoxy) is 2. The third-order valence-corrected chi connectivity index (χ3v) is 8.42. The first kappa shape index (κ1) is 30.8. The van der Waals surface area contributed by atoms with Crippen molar-refractivity contribution in [1.82, 2.24) is 0 Å². The smallest absolute Gasteiger partial charge is 0.429 e. The molecule has 37 heavy (non-hydrogen) atoms. The average Bonchev–Trinajstić information content (AvgIpc) is 2.82. The number of phenolic OH excluding ortho intramolecular Hbond substituents is 1. The van der Waals surface area contributed by atoms with Crippen molar-refractivity contribution in [2.45, 2.75) is 131 Å². The van der Waals surface area contributed by atoms with E-state index >= 15 is 0 Å². The maximum atomic E-state index is 10.6. The van der Waals surface area contributed by atoms with Crippen LogP contribution in [0.5, 0.6) is 11.5 Å². The third kappa shape index (κ3) is 8.55. The van der Waals surface area contributed by atoms with Gasteiger partial charge in [-0.15, -0.1) is 0 Å². The molecular weight excluding hydrogens is 464 g/mol. The molecule has 1 aromatic rings. The zero-order chi connectivity index (χ0) is 27.8. The van der Waals surface area contributed by atoms with E-state index in [1.54, 1.807) is 0 Å². The fraction of sp³-hybridized carbons (Fsp3) is 0.742. The van der Waals surface area contributed by atoms with E-state index in [-0.39, 0.29) is 5.75 Å². The lowest BCUT2D eigenvalue weighted by Gasteiger charge is -2.43. The number of aromatic hydroxyl groups is 1. The molecule has 0 aliphatic carbocycles. The highest BCUT2D eigenvalue weighted by atomic mass is 16.6. The summed E-state index contributed by atoms with van der Waals surface area (Å²) >= 11 is 0. The fourth-order valence-corrected chi connectivity index (χ4v) is 5.64. The molecule has 1 aromatic carbocycles. The summed E-state index contributed by atoms with van der Waals surface area (Å²) in [6.07, 6.45) is 11.6. The van der Waals surface area contributed by atoms with Crippen LogP contribution in [0.2, 0.25) is 0 Å². The monoisotopic (exact) mass is 515 g/mol. The minimum atomic E-state index is -0.671. The third-order valence-electron chi connectivity index (χ3n) is 8.42. The molecule has 1 heterocycles. The SMILES string of the molecule is Cc1c(C)c2c(c(C)c1O)C[C@H](O/C(O)=C/[N+]#N)[C@@](C)(CCC[C@H](C)CCC[C@H](C)CCCC(C)C)O2. The van der Waals surface area contributed by atoms with E-state index in [1.807, 2.05) is 27.7 Å². The Bertz CT molecular complexity index is 965. The quantitative estimate of drug-likeness (QED) is 0.191. The van der Waals surface area contributed by atoms with Crippen LogP contribution in [0.1, 0.15) is 115 Å². The Kier molecular flexibility index (Phi) is 11.6. The molecule has 0 radical (unpaired) electrons. The molecular formula is C31H51N2O4+. The van der Waals surface area contributed by atoms with E-state index in [0.29, 0.717) is 12.3 Å². The molecule has 0 amide bonds. The first-order chi connectivity index (χ1) is 17.4. The zero-order valence-corrected chi connectivity index (χ0v) is 24.6. The summed E-state index contributed by atoms with van der Waals surface area (Å²) in [6.45, 7) is 17.1. The number of nitrogens with zero attached hydrogens (tertiary/aromatic N) is 2. The van der Waals surface area contributed by atoms with Gasteiger partial charge < -0.3 is 19.7 Å². The van der Waals surface area contributed by atoms with Crippen molar-refractivity contribution >= 4 is 0 Å². The molecule has 6 nitrogen and oxygen atoms in total. The Morgan fingerprint density at radius 1 is 1.00 bits per heavy atom. The van der Waals surface area contributed by atoms with Crippen LogP contribution in [0.15, 0.2) is 12.1 Å². The number of hydrogen-bond donors (Lipinski definition) is 2. The fourth-order valence-electron chi connectivity index (χ4n) is 5.64. The molecule has 2 N–H and O–H groups in total. The Morgan fingerprint density at radius 3 is 2.14 bits per heavy atom. The minimum absolute atomic E-state index is 0.274. The van der Waals surface area contributed by atoms with Gasteiger partial charge in [0.05, 0.1) is 0 Å². The molecule has 0 aromatic heterocycles. The second-order valence-corrected chi connectivity index (χ2v) is 12.2. The first-order valence-corrected chi connectivity index (χ1v) is 14.3. The van der Waals surface area contributed by atoms with Crippen molar-refractivity contribution in [2.75, 3.05) is 0 Å². The predicted molar refractivity (Wildman–Crippen MR) is 150 cm³/mol. The lowest BCUT2D eigenvalue weighted by molar-refractivity contribution is -0.100. The number of fused-ring (bicyclic) bond motifs is 1. The van der Waals surface area contributed by atoms with E-state index in [9.17, 15) is 10.2 Å². The van der Waals surface area contributed by atoms with Crippen LogP contribution in [0, 0.1) is 43.9 Å². The molecule has 0 bridgehead atoms. The molecule has 2 rings (SSSR count). The van der Waals surface area contributed by atoms with Gasteiger partial charge >= 0.3 is 12.1 Å². The zero-order valence-electron chi connectivity index (χ0n) is 24.6.